The molecule has 130 valence electrons. The largest absolute Gasteiger partial charge is 0.744 e. The lowest BCUT2D eigenvalue weighted by Gasteiger charge is -2.06. The van der Waals surface area contributed by atoms with E-state index in [4.69, 9.17) is 0 Å². The van der Waals surface area contributed by atoms with Crippen LogP contribution in [0.25, 0.3) is 0 Å². The summed E-state index contributed by atoms with van der Waals surface area (Å²) in [4.78, 5) is 1.64. The highest BCUT2D eigenvalue weighted by Gasteiger charge is 2.08. The van der Waals surface area contributed by atoms with Gasteiger partial charge in [-0.05, 0) is 36.4 Å². The van der Waals surface area contributed by atoms with Gasteiger partial charge in [-0.15, -0.1) is 0 Å². The maximum absolute atomic E-state index is 12.5. The number of hydrogen-bond donors (Lipinski definition) is 0. The Kier molecular flexibility index (Phi) is 6.69. The van der Waals surface area contributed by atoms with E-state index in [9.17, 15) is 21.8 Å². The first kappa shape index (κ1) is 19.1. The van der Waals surface area contributed by atoms with Crippen LogP contribution < -0.4 is 0 Å². The minimum Gasteiger partial charge on any atom is -0.744 e. The van der Waals surface area contributed by atoms with Gasteiger partial charge in [0.05, 0.1) is 4.90 Å². The average Bonchev–Trinajstić information content (AvgIpc) is 2.56. The molecule has 0 aliphatic carbocycles. The highest BCUT2D eigenvalue weighted by atomic mass is 32.2. The molecule has 3 rings (SSSR count). The molecule has 7 heteroatoms. The van der Waals surface area contributed by atoms with Crippen molar-refractivity contribution in [2.45, 2.75) is 14.7 Å². The fourth-order valence-corrected chi connectivity index (χ4v) is 3.31. The van der Waals surface area contributed by atoms with E-state index in [2.05, 4.69) is 48.5 Å². The molecule has 3 aromatic rings. The Labute approximate surface area is 149 Å². The van der Waals surface area contributed by atoms with E-state index in [1.807, 2.05) is 12.1 Å². The summed E-state index contributed by atoms with van der Waals surface area (Å²) in [6, 6.07) is 22.6. The van der Waals surface area contributed by atoms with E-state index in [0.29, 0.717) is 18.2 Å². The summed E-state index contributed by atoms with van der Waals surface area (Å²) in [5.41, 5.74) is 0. The van der Waals surface area contributed by atoms with Crippen molar-refractivity contribution in [3.63, 3.8) is 0 Å². The Morgan fingerprint density at radius 3 is 1.64 bits per heavy atom. The number of hydrogen-bond acceptors (Lipinski definition) is 3. The van der Waals surface area contributed by atoms with Crippen LogP contribution >= 0.6 is 0 Å². The van der Waals surface area contributed by atoms with E-state index in [0.717, 1.165) is 0 Å². The molecule has 0 atom stereocenters. The van der Waals surface area contributed by atoms with Gasteiger partial charge in [-0.25, -0.2) is 17.2 Å². The maximum Gasteiger partial charge on any atom is 0.158 e. The lowest BCUT2D eigenvalue weighted by molar-refractivity contribution is 0.453. The monoisotopic (exact) mass is 380 g/mol. The fraction of sp³-hybridized carbons (Fsp3) is 0. The van der Waals surface area contributed by atoms with E-state index >= 15 is 0 Å². The molecule has 0 unspecified atom stereocenters. The molecule has 0 saturated carbocycles. The zero-order valence-electron chi connectivity index (χ0n) is 12.8. The van der Waals surface area contributed by atoms with Crippen molar-refractivity contribution < 1.29 is 21.8 Å². The molecule has 3 aromatic carbocycles. The van der Waals surface area contributed by atoms with Gasteiger partial charge in [0.1, 0.15) is 21.8 Å². The Balaban J connectivity index is 0.000000181. The highest BCUT2D eigenvalue weighted by molar-refractivity contribution is 7.85. The van der Waals surface area contributed by atoms with Crippen molar-refractivity contribution in [3.8, 4) is 0 Å². The second-order valence-electron chi connectivity index (χ2n) is 4.81. The molecule has 0 saturated heterocycles. The first-order valence-electron chi connectivity index (χ1n) is 7.09. The van der Waals surface area contributed by atoms with E-state index < -0.39 is 26.6 Å². The van der Waals surface area contributed by atoms with E-state index in [-0.39, 0.29) is 0 Å². The van der Waals surface area contributed by atoms with Crippen LogP contribution in [0.4, 0.5) is 8.78 Å². The Morgan fingerprint density at radius 1 is 0.760 bits per heavy atom. The molecule has 0 N–H and O–H groups in total. The van der Waals surface area contributed by atoms with Crippen LogP contribution in [-0.4, -0.2) is 13.0 Å². The van der Waals surface area contributed by atoms with Gasteiger partial charge in [-0.2, -0.15) is 0 Å². The summed E-state index contributed by atoms with van der Waals surface area (Å²) in [5.74, 6) is -2.30. The van der Waals surface area contributed by atoms with Gasteiger partial charge in [-0.3, -0.25) is 0 Å². The quantitative estimate of drug-likeness (QED) is 0.395. The van der Waals surface area contributed by atoms with Crippen LogP contribution in [0.5, 0.6) is 0 Å². The predicted molar refractivity (Wildman–Crippen MR) is 92.5 cm³/mol. The standard InChI is InChI=1S/C12H10S.C6H4F2O3S/c1-3-7-11(8-4-1)13-12-9-5-2-6-10-12;7-4-1-2-6(5(8)3-4)12(9,10)11/h1-10H;1-3H,(H,9,10,11). The molecule has 0 radical (unpaired) electrons. The molecule has 0 aliphatic rings. The summed E-state index contributed by atoms with van der Waals surface area (Å²) in [6.45, 7) is 0. The van der Waals surface area contributed by atoms with Crippen molar-refractivity contribution in [1.29, 1.82) is 0 Å². The molecule has 0 amide bonds. The number of rotatable bonds is 3. The van der Waals surface area contributed by atoms with Gasteiger partial charge in [0, 0.05) is 17.8 Å². The second kappa shape index (κ2) is 8.75. The highest BCUT2D eigenvalue weighted by Crippen LogP contribution is 2.14. The molecule has 0 aromatic heterocycles. The van der Waals surface area contributed by atoms with Crippen LogP contribution in [0.15, 0.2) is 93.5 Å². The smallest absolute Gasteiger partial charge is 0.158 e. The van der Waals surface area contributed by atoms with Crippen molar-refractivity contribution in [2.75, 3.05) is 0 Å². The lowest BCUT2D eigenvalue weighted by Crippen LogP contribution is -2.01. The predicted octanol–water partition coefficient (Wildman–Crippen LogP) is 3.79. The van der Waals surface area contributed by atoms with Gasteiger partial charge < -0.3 is 4.55 Å². The molecule has 3 nitrogen and oxygen atoms in total. The van der Waals surface area contributed by atoms with Gasteiger partial charge in [-0.1, -0.05) is 36.4 Å². The van der Waals surface area contributed by atoms with Crippen molar-refractivity contribution in [3.05, 3.63) is 90.5 Å². The summed E-state index contributed by atoms with van der Waals surface area (Å²) in [5, 5.41) is 0. The third-order valence-electron chi connectivity index (χ3n) is 2.93. The number of benzene rings is 3. The van der Waals surface area contributed by atoms with Crippen LogP contribution in [-0.2, 0) is 21.9 Å². The fourth-order valence-electron chi connectivity index (χ4n) is 1.83. The Hall–Kier alpha value is -2.22. The normalized spacial score (nSPS) is 10.7. The molecule has 0 spiro atoms. The molecule has 0 bridgehead atoms. The minimum atomic E-state index is -4.84. The summed E-state index contributed by atoms with van der Waals surface area (Å²) in [6.07, 6.45) is 0. The summed E-state index contributed by atoms with van der Waals surface area (Å²) < 4.78 is 55.5. The van der Waals surface area contributed by atoms with Gasteiger partial charge >= 0.3 is 0 Å². The van der Waals surface area contributed by atoms with E-state index in [1.54, 1.807) is 0 Å². The van der Waals surface area contributed by atoms with Crippen LogP contribution in [0, 0.1) is 11.6 Å². The van der Waals surface area contributed by atoms with Crippen molar-refractivity contribution in [2.24, 2.45) is 0 Å². The third kappa shape index (κ3) is 6.30. The maximum atomic E-state index is 12.5. The first-order chi connectivity index (χ1) is 11.9. The summed E-state index contributed by atoms with van der Waals surface area (Å²) >= 11 is 1.28. The molecule has 0 heterocycles. The third-order valence-corrected chi connectivity index (χ3v) is 4.92. The Morgan fingerprint density at radius 2 is 1.24 bits per heavy atom. The molecule has 25 heavy (non-hydrogen) atoms. The number of halogens is 2. The topological polar surface area (TPSA) is 57.2 Å². The molecular weight excluding hydrogens is 366 g/mol. The SMILES string of the molecule is O=S(=O)([O-])c1ccc(F)cc1F.c1ccc([SH+]c2ccccc2)cc1. The molecule has 0 aliphatic heterocycles. The zero-order chi connectivity index (χ0) is 18.3. The molecule has 0 fully saturated rings. The summed E-state index contributed by atoms with van der Waals surface area (Å²) in [7, 11) is -4.84. The van der Waals surface area contributed by atoms with Crippen LogP contribution in [0.3, 0.4) is 0 Å². The number of thiol groups is 1. The molecular formula is C18H14F2O3S2. The van der Waals surface area contributed by atoms with Gasteiger partial charge in [0.2, 0.25) is 0 Å². The van der Waals surface area contributed by atoms with E-state index in [1.165, 1.54) is 21.6 Å². The van der Waals surface area contributed by atoms with Crippen LogP contribution in [0.2, 0.25) is 0 Å². The lowest BCUT2D eigenvalue weighted by atomic mass is 10.3. The second-order valence-corrected chi connectivity index (χ2v) is 7.42. The zero-order valence-corrected chi connectivity index (χ0v) is 14.6. The van der Waals surface area contributed by atoms with Gasteiger partial charge in [0.25, 0.3) is 0 Å². The van der Waals surface area contributed by atoms with Crippen LogP contribution in [0.1, 0.15) is 0 Å². The van der Waals surface area contributed by atoms with Gasteiger partial charge in [0.15, 0.2) is 9.79 Å². The first-order valence-corrected chi connectivity index (χ1v) is 9.39. The minimum absolute atomic E-state index is 0.338. The average molecular weight is 380 g/mol. The van der Waals surface area contributed by atoms with Crippen molar-refractivity contribution in [1.82, 2.24) is 0 Å². The van der Waals surface area contributed by atoms with Crippen molar-refractivity contribution >= 4 is 21.9 Å². The Bertz CT molecular complexity index is 878.